The minimum absolute atomic E-state index is 0.172. The molecule has 0 heterocycles. The number of carbonyl (C=O) groups excluding carboxylic acids is 1. The molecule has 0 bridgehead atoms. The van der Waals surface area contributed by atoms with E-state index in [2.05, 4.69) is 10.6 Å². The van der Waals surface area contributed by atoms with Gasteiger partial charge in [0.1, 0.15) is 0 Å². The summed E-state index contributed by atoms with van der Waals surface area (Å²) >= 11 is 0. The Kier molecular flexibility index (Phi) is 5.85. The number of nitrogens with one attached hydrogen (secondary N) is 2. The predicted molar refractivity (Wildman–Crippen MR) is 62.3 cm³/mol. The van der Waals surface area contributed by atoms with E-state index in [-0.39, 0.29) is 18.1 Å². The number of hydrogen-bond acceptors (Lipinski definition) is 2. The number of carbonyl (C=O) groups is 2. The summed E-state index contributed by atoms with van der Waals surface area (Å²) in [5.74, 6) is -1.37. The molecule has 0 aliphatic carbocycles. The molecule has 0 aromatic rings. The lowest BCUT2D eigenvalue weighted by Gasteiger charge is -2.21. The summed E-state index contributed by atoms with van der Waals surface area (Å²) in [5, 5.41) is 14.2. The maximum Gasteiger partial charge on any atom is 0.315 e. The number of carboxylic acid groups (broad SMARTS) is 1. The second-order valence-corrected chi connectivity index (χ2v) is 4.91. The molecule has 3 N–H and O–H groups in total. The third-order valence-corrected chi connectivity index (χ3v) is 1.98. The van der Waals surface area contributed by atoms with Crippen LogP contribution in [0.25, 0.3) is 0 Å². The van der Waals surface area contributed by atoms with Crippen molar-refractivity contribution in [3.63, 3.8) is 0 Å². The van der Waals surface area contributed by atoms with Crippen molar-refractivity contribution in [3.05, 3.63) is 0 Å². The molecule has 0 saturated heterocycles. The van der Waals surface area contributed by atoms with Crippen LogP contribution in [0.3, 0.4) is 0 Å². The molecule has 5 heteroatoms. The Labute approximate surface area is 96.6 Å². The van der Waals surface area contributed by atoms with Crippen LogP contribution in [0.5, 0.6) is 0 Å². The number of aliphatic carboxylic acids is 1. The zero-order chi connectivity index (χ0) is 12.8. The predicted octanol–water partition coefficient (Wildman–Crippen LogP) is 1.58. The Morgan fingerprint density at radius 1 is 1.31 bits per heavy atom. The fourth-order valence-electron chi connectivity index (χ4n) is 1.26. The first-order chi connectivity index (χ1) is 7.26. The van der Waals surface area contributed by atoms with Crippen LogP contribution >= 0.6 is 0 Å². The lowest BCUT2D eigenvalue weighted by Crippen LogP contribution is -2.48. The SMILES string of the molecule is CCCC(CNC(=O)NC(C)(C)C)C(=O)O. The molecule has 0 aromatic carbocycles. The van der Waals surface area contributed by atoms with Gasteiger partial charge in [-0.3, -0.25) is 4.79 Å². The summed E-state index contributed by atoms with van der Waals surface area (Å²) in [6.07, 6.45) is 1.37. The first-order valence-corrected chi connectivity index (χ1v) is 5.55. The molecule has 0 aliphatic rings. The fraction of sp³-hybridized carbons (Fsp3) is 0.818. The van der Waals surface area contributed by atoms with Crippen molar-refractivity contribution in [2.45, 2.75) is 46.1 Å². The summed E-state index contributed by atoms with van der Waals surface area (Å²) in [6, 6.07) is -0.324. The number of urea groups is 1. The van der Waals surface area contributed by atoms with Crippen LogP contribution in [-0.2, 0) is 4.79 Å². The van der Waals surface area contributed by atoms with Gasteiger partial charge < -0.3 is 15.7 Å². The third-order valence-electron chi connectivity index (χ3n) is 1.98. The summed E-state index contributed by atoms with van der Waals surface area (Å²) in [6.45, 7) is 7.70. The highest BCUT2D eigenvalue weighted by molar-refractivity contribution is 5.76. The van der Waals surface area contributed by atoms with E-state index < -0.39 is 11.9 Å². The van der Waals surface area contributed by atoms with Gasteiger partial charge in [-0.1, -0.05) is 13.3 Å². The van der Waals surface area contributed by atoms with E-state index >= 15 is 0 Å². The van der Waals surface area contributed by atoms with Gasteiger partial charge in [0, 0.05) is 12.1 Å². The molecular formula is C11H22N2O3. The van der Waals surface area contributed by atoms with Crippen molar-refractivity contribution in [1.29, 1.82) is 0 Å². The number of rotatable bonds is 5. The summed E-state index contributed by atoms with van der Waals surface area (Å²) in [5.41, 5.74) is -0.312. The molecule has 94 valence electrons. The van der Waals surface area contributed by atoms with Crippen molar-refractivity contribution in [3.8, 4) is 0 Å². The van der Waals surface area contributed by atoms with E-state index in [4.69, 9.17) is 5.11 Å². The Hall–Kier alpha value is -1.26. The van der Waals surface area contributed by atoms with Crippen LogP contribution in [0.4, 0.5) is 4.79 Å². The highest BCUT2D eigenvalue weighted by Gasteiger charge is 2.18. The van der Waals surface area contributed by atoms with Crippen LogP contribution in [0.15, 0.2) is 0 Å². The van der Waals surface area contributed by atoms with Gasteiger partial charge in [0.2, 0.25) is 0 Å². The second kappa shape index (κ2) is 6.35. The van der Waals surface area contributed by atoms with Crippen LogP contribution < -0.4 is 10.6 Å². The van der Waals surface area contributed by atoms with Gasteiger partial charge in [0.15, 0.2) is 0 Å². The zero-order valence-electron chi connectivity index (χ0n) is 10.5. The number of amides is 2. The Bertz CT molecular complexity index is 246. The van der Waals surface area contributed by atoms with Gasteiger partial charge in [-0.05, 0) is 27.2 Å². The van der Waals surface area contributed by atoms with Gasteiger partial charge >= 0.3 is 12.0 Å². The highest BCUT2D eigenvalue weighted by atomic mass is 16.4. The Morgan fingerprint density at radius 3 is 2.25 bits per heavy atom. The summed E-state index contributed by atoms with van der Waals surface area (Å²) in [7, 11) is 0. The van der Waals surface area contributed by atoms with Crippen LogP contribution in [0, 0.1) is 5.92 Å². The van der Waals surface area contributed by atoms with E-state index in [0.717, 1.165) is 6.42 Å². The van der Waals surface area contributed by atoms with Crippen LogP contribution in [0.1, 0.15) is 40.5 Å². The molecule has 2 amide bonds. The minimum atomic E-state index is -0.863. The maximum atomic E-state index is 11.4. The molecule has 5 nitrogen and oxygen atoms in total. The van der Waals surface area contributed by atoms with Crippen LogP contribution in [0.2, 0.25) is 0 Å². The Balaban J connectivity index is 4.01. The lowest BCUT2D eigenvalue weighted by molar-refractivity contribution is -0.141. The normalized spacial score (nSPS) is 13.0. The van der Waals surface area contributed by atoms with Crippen molar-refractivity contribution in [2.24, 2.45) is 5.92 Å². The molecule has 0 aliphatic heterocycles. The monoisotopic (exact) mass is 230 g/mol. The zero-order valence-corrected chi connectivity index (χ0v) is 10.5. The third kappa shape index (κ3) is 7.09. The molecule has 16 heavy (non-hydrogen) atoms. The average molecular weight is 230 g/mol. The topological polar surface area (TPSA) is 78.4 Å². The molecule has 1 unspecified atom stereocenters. The standard InChI is InChI=1S/C11H22N2O3/c1-5-6-8(9(14)15)7-12-10(16)13-11(2,3)4/h8H,5-7H2,1-4H3,(H,14,15)(H2,12,13,16). The Morgan fingerprint density at radius 2 is 1.88 bits per heavy atom. The summed E-state index contributed by atoms with van der Waals surface area (Å²) < 4.78 is 0. The molecule has 0 spiro atoms. The molecule has 0 aromatic heterocycles. The van der Waals surface area contributed by atoms with Gasteiger partial charge in [0.05, 0.1) is 5.92 Å². The van der Waals surface area contributed by atoms with E-state index in [1.165, 1.54) is 0 Å². The fourth-order valence-corrected chi connectivity index (χ4v) is 1.26. The molecule has 1 atom stereocenters. The first kappa shape index (κ1) is 14.7. The van der Waals surface area contributed by atoms with E-state index in [9.17, 15) is 9.59 Å². The number of carboxylic acids is 1. The van der Waals surface area contributed by atoms with Crippen molar-refractivity contribution >= 4 is 12.0 Å². The molecular weight excluding hydrogens is 208 g/mol. The van der Waals surface area contributed by atoms with Gasteiger partial charge in [-0.2, -0.15) is 0 Å². The van der Waals surface area contributed by atoms with Crippen molar-refractivity contribution < 1.29 is 14.7 Å². The first-order valence-electron chi connectivity index (χ1n) is 5.55. The van der Waals surface area contributed by atoms with Crippen molar-refractivity contribution in [2.75, 3.05) is 6.54 Å². The number of hydrogen-bond donors (Lipinski definition) is 3. The lowest BCUT2D eigenvalue weighted by atomic mass is 10.0. The van der Waals surface area contributed by atoms with E-state index in [1.807, 2.05) is 27.7 Å². The minimum Gasteiger partial charge on any atom is -0.481 e. The highest BCUT2D eigenvalue weighted by Crippen LogP contribution is 2.05. The van der Waals surface area contributed by atoms with Gasteiger partial charge in [-0.15, -0.1) is 0 Å². The summed E-state index contributed by atoms with van der Waals surface area (Å²) in [4.78, 5) is 22.2. The molecule has 0 saturated carbocycles. The second-order valence-electron chi connectivity index (χ2n) is 4.91. The van der Waals surface area contributed by atoms with Crippen LogP contribution in [-0.4, -0.2) is 29.2 Å². The molecule has 0 rings (SSSR count). The van der Waals surface area contributed by atoms with Gasteiger partial charge in [-0.25, -0.2) is 4.79 Å². The average Bonchev–Trinajstić information content (AvgIpc) is 2.08. The smallest absolute Gasteiger partial charge is 0.315 e. The van der Waals surface area contributed by atoms with Gasteiger partial charge in [0.25, 0.3) is 0 Å². The molecule has 0 fully saturated rings. The van der Waals surface area contributed by atoms with E-state index in [0.29, 0.717) is 6.42 Å². The molecule has 0 radical (unpaired) electrons. The largest absolute Gasteiger partial charge is 0.481 e. The maximum absolute atomic E-state index is 11.4. The van der Waals surface area contributed by atoms with Crippen molar-refractivity contribution in [1.82, 2.24) is 10.6 Å². The van der Waals surface area contributed by atoms with E-state index in [1.54, 1.807) is 0 Å². The quantitative estimate of drug-likeness (QED) is 0.671.